The Bertz CT molecular complexity index is 4680. The van der Waals surface area contributed by atoms with Gasteiger partial charge in [0.05, 0.1) is 45.6 Å². The lowest BCUT2D eigenvalue weighted by atomic mass is 10.1. The number of carbonyl (C=O) groups excluding carboxylic acids is 2. The largest absolute Gasteiger partial charge is 0.484 e. The minimum Gasteiger partial charge on any atom is -0.484 e. The molecule has 0 saturated carbocycles. The van der Waals surface area contributed by atoms with Crippen molar-refractivity contribution in [3.05, 3.63) is 130 Å². The van der Waals surface area contributed by atoms with Crippen LogP contribution in [0.25, 0.3) is 67.9 Å². The first-order chi connectivity index (χ1) is 43.1. The van der Waals surface area contributed by atoms with E-state index in [1.807, 2.05) is 23.1 Å². The summed E-state index contributed by atoms with van der Waals surface area (Å²) in [5, 5.41) is 20.2. The lowest BCUT2D eigenvalue weighted by molar-refractivity contribution is -0.121. The summed E-state index contributed by atoms with van der Waals surface area (Å²) >= 11 is 13.8. The second-order valence-corrected chi connectivity index (χ2v) is 23.4. The molecule has 2 saturated heterocycles. The Labute approximate surface area is 514 Å². The molecule has 0 atom stereocenters. The monoisotopic (exact) mass is 1260 g/mol. The molecular formula is C57H52Cl2FN21O7S. The van der Waals surface area contributed by atoms with Crippen LogP contribution in [0.15, 0.2) is 102 Å². The van der Waals surface area contributed by atoms with E-state index in [2.05, 4.69) is 65.6 Å². The third kappa shape index (κ3) is 11.4. The molecule has 454 valence electrons. The fourth-order valence-corrected chi connectivity index (χ4v) is 12.8. The Morgan fingerprint density at radius 3 is 1.98 bits per heavy atom. The van der Waals surface area contributed by atoms with Gasteiger partial charge in [0.1, 0.15) is 58.0 Å². The molecule has 0 unspecified atom stereocenters. The number of aromatic nitrogens is 13. The van der Waals surface area contributed by atoms with Crippen LogP contribution in [-0.4, -0.2) is 173 Å². The summed E-state index contributed by atoms with van der Waals surface area (Å²) in [5.74, 6) is -1.29. The van der Waals surface area contributed by atoms with Crippen molar-refractivity contribution in [3.8, 4) is 46.3 Å². The maximum atomic E-state index is 15.1. The van der Waals surface area contributed by atoms with Gasteiger partial charge >= 0.3 is 5.97 Å². The fraction of sp³-hybridized carbons (Fsp3) is 0.263. The summed E-state index contributed by atoms with van der Waals surface area (Å²) in [4.78, 5) is 66.4. The number of anilines is 4. The molecule has 32 heteroatoms. The van der Waals surface area contributed by atoms with Gasteiger partial charge in [-0.25, -0.2) is 37.3 Å². The van der Waals surface area contributed by atoms with Crippen molar-refractivity contribution in [2.24, 2.45) is 0 Å². The van der Waals surface area contributed by atoms with Crippen molar-refractivity contribution in [2.45, 2.75) is 18.8 Å². The van der Waals surface area contributed by atoms with Crippen molar-refractivity contribution in [1.29, 1.82) is 5.26 Å². The molecule has 0 radical (unpaired) electrons. The normalized spacial score (nSPS) is 14.3. The number of fused-ring (bicyclic) bond motifs is 6. The van der Waals surface area contributed by atoms with Crippen molar-refractivity contribution < 1.29 is 36.3 Å². The Hall–Kier alpha value is -10.1. The predicted molar refractivity (Wildman–Crippen MR) is 326 cm³/mol. The van der Waals surface area contributed by atoms with Crippen LogP contribution in [0, 0.1) is 17.1 Å². The van der Waals surface area contributed by atoms with E-state index >= 15 is 4.39 Å². The number of benzene rings is 2. The van der Waals surface area contributed by atoms with Gasteiger partial charge in [0, 0.05) is 102 Å². The summed E-state index contributed by atoms with van der Waals surface area (Å²) < 4.78 is 65.9. The number of esters is 1. The molecule has 28 nitrogen and oxygen atoms in total. The molecule has 2 fully saturated rings. The Morgan fingerprint density at radius 1 is 0.730 bits per heavy atom. The van der Waals surface area contributed by atoms with E-state index in [1.54, 1.807) is 51.7 Å². The van der Waals surface area contributed by atoms with Gasteiger partial charge in [-0.1, -0.05) is 35.3 Å². The number of methoxy groups -OCH3 is 1. The van der Waals surface area contributed by atoms with Gasteiger partial charge in [-0.3, -0.25) is 24.6 Å². The van der Waals surface area contributed by atoms with E-state index in [-0.39, 0.29) is 79.5 Å². The minimum absolute atomic E-state index is 0.0229. The number of hydrogen-bond acceptors (Lipinski definition) is 23. The van der Waals surface area contributed by atoms with E-state index in [4.69, 9.17) is 53.5 Å². The second-order valence-electron chi connectivity index (χ2n) is 20.9. The van der Waals surface area contributed by atoms with E-state index in [0.29, 0.717) is 110 Å². The van der Waals surface area contributed by atoms with Crippen LogP contribution in [0.5, 0.6) is 5.75 Å². The average molecular weight is 1270 g/mol. The lowest BCUT2D eigenvalue weighted by Crippen LogP contribution is -2.47. The van der Waals surface area contributed by atoms with Crippen LogP contribution in [-0.2, 0) is 38.4 Å². The number of piperazine rings is 2. The number of ether oxygens (including phenoxy) is 2. The van der Waals surface area contributed by atoms with Crippen LogP contribution in [0.4, 0.5) is 27.7 Å². The van der Waals surface area contributed by atoms with Gasteiger partial charge in [-0.2, -0.15) is 24.3 Å². The minimum atomic E-state index is -4.20. The molecule has 0 aliphatic carbocycles. The SMILES string of the molecule is COC(=O)c1c(Cl)c2c(nc(N)n3nc(-c4ccc(CS(=O)(=O)NC(=O)COc5ccc(N6CCN(CCn7c(C#N)c(Cl)c8c7nc(N)n7nc(-c9ccccn9)nc87)CC6)cc5)cn4)nc23)n1CCN1CCN(c2cc(-c3ncco3)ccc2F)CC1. The van der Waals surface area contributed by atoms with Crippen LogP contribution in [0.1, 0.15) is 21.7 Å². The molecule has 5 N–H and O–H groups in total. The lowest BCUT2D eigenvalue weighted by Gasteiger charge is -2.36. The summed E-state index contributed by atoms with van der Waals surface area (Å²) in [6, 6.07) is 22.6. The number of oxazole rings is 1. The first kappa shape index (κ1) is 58.0. The number of halogens is 3. The van der Waals surface area contributed by atoms with Gasteiger partial charge in [-0.05, 0) is 66.2 Å². The Kier molecular flexibility index (Phi) is 15.6. The van der Waals surface area contributed by atoms with Gasteiger partial charge in [0.15, 0.2) is 17.9 Å². The van der Waals surface area contributed by atoms with Gasteiger partial charge in [0.25, 0.3) is 5.91 Å². The molecule has 11 aromatic rings. The number of sulfonamides is 1. The predicted octanol–water partition coefficient (Wildman–Crippen LogP) is 5.19. The first-order valence-electron chi connectivity index (χ1n) is 27.8. The number of nitrogen functional groups attached to an aromatic ring is 2. The zero-order valence-corrected chi connectivity index (χ0v) is 49.6. The van der Waals surface area contributed by atoms with Crippen LogP contribution in [0.3, 0.4) is 0 Å². The molecular weight excluding hydrogens is 1210 g/mol. The van der Waals surface area contributed by atoms with E-state index in [9.17, 15) is 23.3 Å². The van der Waals surface area contributed by atoms with Crippen molar-refractivity contribution >= 4 is 102 Å². The quantitative estimate of drug-likeness (QED) is 0.0931. The number of nitrogens with one attached hydrogen (secondary N) is 1. The maximum absolute atomic E-state index is 15.1. The fourth-order valence-electron chi connectivity index (χ4n) is 11.1. The number of nitrogens with two attached hydrogens (primary N) is 2. The van der Waals surface area contributed by atoms with Gasteiger partial charge in [-0.15, -0.1) is 10.2 Å². The molecule has 2 aromatic carbocycles. The van der Waals surface area contributed by atoms with E-state index in [0.717, 1.165) is 18.8 Å². The number of hydrogen-bond donors (Lipinski definition) is 3. The average Bonchev–Trinajstić information content (AvgIpc) is 1.61. The highest BCUT2D eigenvalue weighted by Gasteiger charge is 2.31. The number of nitrogens with zero attached hydrogens (tertiary/aromatic N) is 18. The number of rotatable bonds is 18. The van der Waals surface area contributed by atoms with Crippen molar-refractivity contribution in [1.82, 2.24) is 77.8 Å². The smallest absolute Gasteiger partial charge is 0.356 e. The number of pyridine rings is 2. The number of amides is 1. The van der Waals surface area contributed by atoms with Crippen molar-refractivity contribution in [2.75, 3.05) is 100 Å². The van der Waals surface area contributed by atoms with Gasteiger partial charge in [0.2, 0.25) is 39.5 Å². The van der Waals surface area contributed by atoms with Gasteiger partial charge < -0.3 is 44.3 Å². The van der Waals surface area contributed by atoms with Crippen LogP contribution in [0.2, 0.25) is 10.0 Å². The van der Waals surface area contributed by atoms with Crippen molar-refractivity contribution in [3.63, 3.8) is 0 Å². The topological polar surface area (TPSA) is 335 Å². The maximum Gasteiger partial charge on any atom is 0.356 e. The first-order valence-corrected chi connectivity index (χ1v) is 30.3. The Balaban J connectivity index is 0.595. The molecule has 11 heterocycles. The molecule has 0 bridgehead atoms. The second kappa shape index (κ2) is 23.9. The van der Waals surface area contributed by atoms with E-state index in [1.165, 1.54) is 53.0 Å². The highest BCUT2D eigenvalue weighted by atomic mass is 35.5. The molecule has 9 aromatic heterocycles. The molecule has 2 aliphatic heterocycles. The van der Waals surface area contributed by atoms with Crippen LogP contribution >= 0.6 is 23.2 Å². The number of carbonyl (C=O) groups is 2. The molecule has 89 heavy (non-hydrogen) atoms. The Morgan fingerprint density at radius 2 is 1.37 bits per heavy atom. The highest BCUT2D eigenvalue weighted by Crippen LogP contribution is 2.37. The summed E-state index contributed by atoms with van der Waals surface area (Å²) in [5.41, 5.74) is 17.5. The zero-order valence-electron chi connectivity index (χ0n) is 47.2. The highest BCUT2D eigenvalue weighted by molar-refractivity contribution is 7.89. The third-order valence-electron chi connectivity index (χ3n) is 15.5. The summed E-state index contributed by atoms with van der Waals surface area (Å²) in [6.45, 7) is 6.26. The van der Waals surface area contributed by atoms with Crippen LogP contribution < -0.4 is 30.7 Å². The number of nitriles is 1. The standard InChI is InChI=1S/C57H52Cl2FN21O7S/c1-86-55(83)47-46(59)44-51(79(47)26-20-75-17-23-77(24-18-75)40-28-34(6-11-37(40)60)54-65-14-27-87-54)70-57(63)81-53(44)68-49(72-81)39-12-5-33(30-66-39)32-89(84,85)73-42(82)31-88-36-9-7-35(8-10-36)76-21-15-74(16-22-76)19-25-78-41(29-61)45(58)43-50(78)69-56(62)80-52(43)67-48(71-80)38-4-2-3-13-64-38/h2-14,27-28,30H,15-26,31-32H2,1H3,(H2,62,69)(H2,63,70)(H,73,82). The summed E-state index contributed by atoms with van der Waals surface area (Å²) in [7, 11) is -2.96. The zero-order chi connectivity index (χ0) is 61.7. The van der Waals surface area contributed by atoms with E-state index < -0.39 is 34.3 Å². The molecule has 1 amide bonds. The third-order valence-corrected chi connectivity index (χ3v) is 17.5. The molecule has 13 rings (SSSR count). The summed E-state index contributed by atoms with van der Waals surface area (Å²) in [6.07, 6.45) is 5.96. The molecule has 2 aliphatic rings. The molecule has 0 spiro atoms.